The van der Waals surface area contributed by atoms with Gasteiger partial charge in [0.25, 0.3) is 0 Å². The Morgan fingerprint density at radius 1 is 1.11 bits per heavy atom. The van der Waals surface area contributed by atoms with Crippen LogP contribution in [0.2, 0.25) is 0 Å². The zero-order chi connectivity index (χ0) is 13.8. The fourth-order valence-corrected chi connectivity index (χ4v) is 1.68. The van der Waals surface area contributed by atoms with Crippen molar-refractivity contribution in [3.05, 3.63) is 22.8 Å². The molecular formula is C14H25N3O. The van der Waals surface area contributed by atoms with E-state index >= 15 is 0 Å². The van der Waals surface area contributed by atoms with Gasteiger partial charge in [-0.15, -0.1) is 0 Å². The van der Waals surface area contributed by atoms with Crippen LogP contribution in [0.15, 0.2) is 0 Å². The number of aromatic nitrogens is 2. The average Bonchev–Trinajstić information content (AvgIpc) is 2.23. The number of nitrogens with zero attached hydrogens (tertiary/aromatic N) is 2. The summed E-state index contributed by atoms with van der Waals surface area (Å²) in [4.78, 5) is 8.99. The predicted octanol–water partition coefficient (Wildman–Crippen LogP) is 2.52. The summed E-state index contributed by atoms with van der Waals surface area (Å²) in [7, 11) is 0. The first-order chi connectivity index (χ1) is 8.33. The minimum Gasteiger partial charge on any atom is -0.374 e. The maximum absolute atomic E-state index is 5.34. The van der Waals surface area contributed by atoms with Gasteiger partial charge in [0.05, 0.1) is 0 Å². The molecule has 0 amide bonds. The maximum atomic E-state index is 5.34. The van der Waals surface area contributed by atoms with Crippen molar-refractivity contribution < 1.29 is 4.74 Å². The summed E-state index contributed by atoms with van der Waals surface area (Å²) in [5.74, 6) is 0.770. The summed E-state index contributed by atoms with van der Waals surface area (Å²) < 4.78 is 5.34. The van der Waals surface area contributed by atoms with Gasteiger partial charge < -0.3 is 10.1 Å². The highest BCUT2D eigenvalue weighted by Crippen LogP contribution is 2.12. The van der Waals surface area contributed by atoms with Gasteiger partial charge in [-0.05, 0) is 41.5 Å². The summed E-state index contributed by atoms with van der Waals surface area (Å²) in [5.41, 5.74) is 3.36. The quantitative estimate of drug-likeness (QED) is 0.873. The van der Waals surface area contributed by atoms with Gasteiger partial charge in [-0.25, -0.2) is 9.97 Å². The first kappa shape index (κ1) is 15.1. The number of hydrogen-bond donors (Lipinski definition) is 1. The largest absolute Gasteiger partial charge is 0.374 e. The van der Waals surface area contributed by atoms with Gasteiger partial charge in [0.2, 0.25) is 0 Å². The SMILES string of the molecule is CCOCc1nc(C)c(CNC(C)(C)C)c(C)n1. The molecule has 102 valence electrons. The van der Waals surface area contributed by atoms with E-state index in [-0.39, 0.29) is 5.54 Å². The smallest absolute Gasteiger partial charge is 0.154 e. The molecule has 1 rings (SSSR count). The van der Waals surface area contributed by atoms with Crippen molar-refractivity contribution >= 4 is 0 Å². The fraction of sp³-hybridized carbons (Fsp3) is 0.714. The molecule has 0 atom stereocenters. The molecule has 1 aromatic heterocycles. The van der Waals surface area contributed by atoms with E-state index in [9.17, 15) is 0 Å². The molecule has 0 aromatic carbocycles. The van der Waals surface area contributed by atoms with E-state index in [0.29, 0.717) is 13.2 Å². The first-order valence-electron chi connectivity index (χ1n) is 6.49. The summed E-state index contributed by atoms with van der Waals surface area (Å²) in [5, 5.41) is 3.47. The summed E-state index contributed by atoms with van der Waals surface area (Å²) >= 11 is 0. The Morgan fingerprint density at radius 2 is 1.67 bits per heavy atom. The third kappa shape index (κ3) is 4.70. The highest BCUT2D eigenvalue weighted by Gasteiger charge is 2.13. The lowest BCUT2D eigenvalue weighted by atomic mass is 10.1. The van der Waals surface area contributed by atoms with Gasteiger partial charge in [0.15, 0.2) is 5.82 Å². The predicted molar refractivity (Wildman–Crippen MR) is 73.4 cm³/mol. The third-order valence-electron chi connectivity index (χ3n) is 2.70. The molecule has 0 spiro atoms. The number of aryl methyl sites for hydroxylation is 2. The summed E-state index contributed by atoms with van der Waals surface area (Å²) in [6.07, 6.45) is 0. The molecule has 4 nitrogen and oxygen atoms in total. The van der Waals surface area contributed by atoms with Gasteiger partial charge >= 0.3 is 0 Å². The second-order valence-corrected chi connectivity index (χ2v) is 5.53. The van der Waals surface area contributed by atoms with E-state index < -0.39 is 0 Å². The highest BCUT2D eigenvalue weighted by atomic mass is 16.5. The second-order valence-electron chi connectivity index (χ2n) is 5.53. The van der Waals surface area contributed by atoms with Crippen molar-refractivity contribution in [2.75, 3.05) is 6.61 Å². The number of nitrogens with one attached hydrogen (secondary N) is 1. The zero-order valence-corrected chi connectivity index (χ0v) is 12.4. The average molecular weight is 251 g/mol. The van der Waals surface area contributed by atoms with Crippen molar-refractivity contribution in [1.29, 1.82) is 0 Å². The molecule has 0 saturated heterocycles. The van der Waals surface area contributed by atoms with Crippen LogP contribution in [0.3, 0.4) is 0 Å². The Hall–Kier alpha value is -1.00. The lowest BCUT2D eigenvalue weighted by Gasteiger charge is -2.22. The van der Waals surface area contributed by atoms with Crippen molar-refractivity contribution in [2.24, 2.45) is 0 Å². The van der Waals surface area contributed by atoms with Crippen LogP contribution >= 0.6 is 0 Å². The monoisotopic (exact) mass is 251 g/mol. The lowest BCUT2D eigenvalue weighted by Crippen LogP contribution is -2.35. The lowest BCUT2D eigenvalue weighted by molar-refractivity contribution is 0.128. The van der Waals surface area contributed by atoms with Crippen molar-refractivity contribution in [2.45, 2.75) is 60.2 Å². The van der Waals surface area contributed by atoms with Crippen LogP contribution < -0.4 is 5.32 Å². The van der Waals surface area contributed by atoms with Crippen LogP contribution in [0.25, 0.3) is 0 Å². The summed E-state index contributed by atoms with van der Waals surface area (Å²) in [6.45, 7) is 14.5. The Balaban J connectivity index is 2.81. The fourth-order valence-electron chi connectivity index (χ4n) is 1.68. The van der Waals surface area contributed by atoms with Gasteiger partial charge in [-0.3, -0.25) is 0 Å². The molecule has 18 heavy (non-hydrogen) atoms. The molecule has 0 bridgehead atoms. The van der Waals surface area contributed by atoms with Crippen molar-refractivity contribution in [3.63, 3.8) is 0 Å². The number of ether oxygens (including phenoxy) is 1. The van der Waals surface area contributed by atoms with E-state index in [1.54, 1.807) is 0 Å². The van der Waals surface area contributed by atoms with Gasteiger partial charge in [-0.2, -0.15) is 0 Å². The normalized spacial score (nSPS) is 11.9. The van der Waals surface area contributed by atoms with Gasteiger partial charge in [0.1, 0.15) is 6.61 Å². The Labute approximate surface area is 110 Å². The summed E-state index contributed by atoms with van der Waals surface area (Å²) in [6, 6.07) is 0. The molecule has 0 unspecified atom stereocenters. The molecule has 0 radical (unpaired) electrons. The molecule has 1 aromatic rings. The van der Waals surface area contributed by atoms with Gasteiger partial charge in [0, 0.05) is 35.6 Å². The van der Waals surface area contributed by atoms with E-state index in [1.807, 2.05) is 20.8 Å². The zero-order valence-electron chi connectivity index (χ0n) is 12.4. The Morgan fingerprint density at radius 3 is 2.11 bits per heavy atom. The van der Waals surface area contributed by atoms with Crippen LogP contribution in [-0.2, 0) is 17.9 Å². The van der Waals surface area contributed by atoms with E-state index in [2.05, 4.69) is 36.1 Å². The van der Waals surface area contributed by atoms with Crippen molar-refractivity contribution in [1.82, 2.24) is 15.3 Å². The maximum Gasteiger partial charge on any atom is 0.154 e. The number of hydrogen-bond acceptors (Lipinski definition) is 4. The molecule has 1 heterocycles. The molecular weight excluding hydrogens is 226 g/mol. The van der Waals surface area contributed by atoms with Crippen LogP contribution in [-0.4, -0.2) is 22.1 Å². The Bertz CT molecular complexity index is 374. The van der Waals surface area contributed by atoms with E-state index in [1.165, 1.54) is 5.56 Å². The Kier molecular flexibility index (Phi) is 5.23. The van der Waals surface area contributed by atoms with E-state index in [4.69, 9.17) is 4.74 Å². The van der Waals surface area contributed by atoms with Gasteiger partial charge in [-0.1, -0.05) is 0 Å². The van der Waals surface area contributed by atoms with Crippen molar-refractivity contribution in [3.8, 4) is 0 Å². The second kappa shape index (κ2) is 6.25. The van der Waals surface area contributed by atoms with Crippen LogP contribution in [0, 0.1) is 13.8 Å². The molecule has 0 fully saturated rings. The number of rotatable bonds is 5. The topological polar surface area (TPSA) is 47.0 Å². The highest BCUT2D eigenvalue weighted by molar-refractivity contribution is 5.24. The minimum atomic E-state index is 0.100. The van der Waals surface area contributed by atoms with Crippen LogP contribution in [0.5, 0.6) is 0 Å². The third-order valence-corrected chi connectivity index (χ3v) is 2.70. The van der Waals surface area contributed by atoms with Crippen LogP contribution in [0.4, 0.5) is 0 Å². The molecule has 1 N–H and O–H groups in total. The standard InChI is InChI=1S/C14H25N3O/c1-7-18-9-13-16-10(2)12(11(3)17-13)8-15-14(4,5)6/h15H,7-9H2,1-6H3. The molecule has 4 heteroatoms. The molecule has 0 saturated carbocycles. The van der Waals surface area contributed by atoms with Crippen LogP contribution in [0.1, 0.15) is 50.5 Å². The first-order valence-corrected chi connectivity index (χ1v) is 6.49. The molecule has 0 aliphatic carbocycles. The molecule has 0 aliphatic heterocycles. The minimum absolute atomic E-state index is 0.100. The molecule has 0 aliphatic rings. The van der Waals surface area contributed by atoms with E-state index in [0.717, 1.165) is 23.8 Å².